The lowest BCUT2D eigenvalue weighted by molar-refractivity contribution is -0.144. The third kappa shape index (κ3) is 3.44. The fourth-order valence-corrected chi connectivity index (χ4v) is 2.80. The van der Waals surface area contributed by atoms with Crippen molar-refractivity contribution >= 4 is 23.0 Å². The highest BCUT2D eigenvalue weighted by molar-refractivity contribution is 6.46. The summed E-state index contributed by atoms with van der Waals surface area (Å²) in [6.07, 6.45) is -6.42. The maximum Gasteiger partial charge on any atom is 0.431 e. The zero-order valence-corrected chi connectivity index (χ0v) is 15.3. The maximum atomic E-state index is 14.9. The normalized spacial score (nSPS) is 19.9. The lowest BCUT2D eigenvalue weighted by atomic mass is 9.98. The van der Waals surface area contributed by atoms with Gasteiger partial charge in [0.05, 0.1) is 5.03 Å². The summed E-state index contributed by atoms with van der Waals surface area (Å²) in [4.78, 5) is 29.4. The molecule has 27 heavy (non-hydrogen) atoms. The largest absolute Gasteiger partial charge is 0.431 e. The Balaban J connectivity index is 2.92. The molecule has 0 aliphatic heterocycles. The molecule has 7 nitrogen and oxygen atoms in total. The van der Waals surface area contributed by atoms with Crippen LogP contribution in [0.2, 0.25) is 0 Å². The summed E-state index contributed by atoms with van der Waals surface area (Å²) in [6, 6.07) is 0.191. The minimum absolute atomic E-state index is 0.149. The van der Waals surface area contributed by atoms with Crippen molar-refractivity contribution in [2.45, 2.75) is 19.2 Å². The van der Waals surface area contributed by atoms with Crippen molar-refractivity contribution in [3.63, 3.8) is 0 Å². The molecule has 1 aromatic rings. The molecule has 1 aromatic heterocycles. The van der Waals surface area contributed by atoms with E-state index in [2.05, 4.69) is 9.99 Å². The number of hydrogen-bond donors (Lipinski definition) is 0. The van der Waals surface area contributed by atoms with Crippen LogP contribution in [0.25, 0.3) is 5.70 Å². The number of rotatable bonds is 3. The van der Waals surface area contributed by atoms with E-state index in [1.807, 2.05) is 0 Å². The first-order chi connectivity index (χ1) is 12.5. The molecule has 2 rings (SSSR count). The van der Waals surface area contributed by atoms with Crippen LogP contribution in [0, 0.1) is 0 Å². The quantitative estimate of drug-likeness (QED) is 0.565. The van der Waals surface area contributed by atoms with E-state index in [-0.39, 0.29) is 31.5 Å². The van der Waals surface area contributed by atoms with Crippen LogP contribution in [0.15, 0.2) is 37.2 Å². The molecule has 1 atom stereocenters. The molecule has 1 heterocycles. The molecule has 1 aliphatic carbocycles. The molecule has 0 aromatic carbocycles. The van der Waals surface area contributed by atoms with Crippen molar-refractivity contribution < 1.29 is 27.1 Å². The SMILES string of the molecule is CON=C1C(Cl)=C(C)C(F)=C(n2c(=O)cc(C(F)(F)F)n(C)c2=O)C1OC. The van der Waals surface area contributed by atoms with Gasteiger partial charge in [0.2, 0.25) is 0 Å². The third-order valence-corrected chi connectivity index (χ3v) is 4.36. The van der Waals surface area contributed by atoms with Gasteiger partial charge in [-0.2, -0.15) is 13.2 Å². The summed E-state index contributed by atoms with van der Waals surface area (Å²) in [5.41, 5.74) is -5.26. The Morgan fingerprint density at radius 1 is 1.26 bits per heavy atom. The first-order valence-electron chi connectivity index (χ1n) is 7.28. The summed E-state index contributed by atoms with van der Waals surface area (Å²) in [5.74, 6) is -1.10. The Bertz CT molecular complexity index is 988. The molecule has 12 heteroatoms. The number of methoxy groups -OCH3 is 1. The van der Waals surface area contributed by atoms with Gasteiger partial charge in [0, 0.05) is 25.8 Å². The summed E-state index contributed by atoms with van der Waals surface area (Å²) < 4.78 is 59.4. The molecule has 0 bridgehead atoms. The molecule has 0 saturated heterocycles. The average molecular weight is 412 g/mol. The van der Waals surface area contributed by atoms with Crippen LogP contribution in [0.4, 0.5) is 17.6 Å². The Morgan fingerprint density at radius 2 is 1.85 bits per heavy atom. The van der Waals surface area contributed by atoms with Crippen molar-refractivity contribution in [1.29, 1.82) is 0 Å². The number of aromatic nitrogens is 2. The number of allylic oxidation sites excluding steroid dienone is 2. The second-order valence-corrected chi connectivity index (χ2v) is 5.83. The van der Waals surface area contributed by atoms with Crippen LogP contribution in [0.1, 0.15) is 12.6 Å². The van der Waals surface area contributed by atoms with E-state index < -0.39 is 40.7 Å². The van der Waals surface area contributed by atoms with Crippen LogP contribution < -0.4 is 11.2 Å². The lowest BCUT2D eigenvalue weighted by Crippen LogP contribution is -2.46. The molecule has 0 radical (unpaired) electrons. The van der Waals surface area contributed by atoms with E-state index in [0.717, 1.165) is 14.2 Å². The van der Waals surface area contributed by atoms with Gasteiger partial charge >= 0.3 is 11.9 Å². The Kier molecular flexibility index (Phi) is 5.66. The van der Waals surface area contributed by atoms with Crippen LogP contribution in [-0.4, -0.2) is 35.2 Å². The summed E-state index contributed by atoms with van der Waals surface area (Å²) in [6.45, 7) is 1.24. The lowest BCUT2D eigenvalue weighted by Gasteiger charge is -2.27. The van der Waals surface area contributed by atoms with Gasteiger partial charge in [-0.25, -0.2) is 13.8 Å². The van der Waals surface area contributed by atoms with Crippen molar-refractivity contribution in [1.82, 2.24) is 9.13 Å². The molecule has 0 saturated carbocycles. The molecule has 1 aliphatic rings. The summed E-state index contributed by atoms with van der Waals surface area (Å²) >= 11 is 6.02. The van der Waals surface area contributed by atoms with Crippen LogP contribution in [-0.2, 0) is 22.8 Å². The van der Waals surface area contributed by atoms with Crippen LogP contribution in [0.3, 0.4) is 0 Å². The highest BCUT2D eigenvalue weighted by atomic mass is 35.5. The van der Waals surface area contributed by atoms with E-state index in [9.17, 15) is 27.2 Å². The predicted molar refractivity (Wildman–Crippen MR) is 89.1 cm³/mol. The molecule has 0 fully saturated rings. The number of oxime groups is 1. The topological polar surface area (TPSA) is 74.8 Å². The summed E-state index contributed by atoms with van der Waals surface area (Å²) in [5, 5.41) is 3.43. The zero-order valence-electron chi connectivity index (χ0n) is 14.5. The van der Waals surface area contributed by atoms with Crippen LogP contribution in [0.5, 0.6) is 0 Å². The van der Waals surface area contributed by atoms with Gasteiger partial charge in [0.25, 0.3) is 5.56 Å². The van der Waals surface area contributed by atoms with Crippen molar-refractivity contribution in [2.75, 3.05) is 14.2 Å². The van der Waals surface area contributed by atoms with Crippen molar-refractivity contribution in [3.8, 4) is 0 Å². The summed E-state index contributed by atoms with van der Waals surface area (Å²) in [7, 11) is 3.11. The minimum Gasteiger partial charge on any atom is -0.399 e. The number of halogens is 5. The maximum absolute atomic E-state index is 14.9. The molecule has 1 unspecified atom stereocenters. The van der Waals surface area contributed by atoms with Gasteiger partial charge in [-0.1, -0.05) is 16.8 Å². The highest BCUT2D eigenvalue weighted by Gasteiger charge is 2.39. The molecule has 0 spiro atoms. The predicted octanol–water partition coefficient (Wildman–Crippen LogP) is 2.25. The first kappa shape index (κ1) is 20.9. The molecule has 0 amide bonds. The molecular formula is C15H14ClF4N3O4. The fraction of sp³-hybridized carbons (Fsp3) is 0.400. The number of hydrogen-bond acceptors (Lipinski definition) is 5. The Morgan fingerprint density at radius 3 is 2.33 bits per heavy atom. The number of nitrogens with zero attached hydrogens (tertiary/aromatic N) is 3. The van der Waals surface area contributed by atoms with Gasteiger partial charge in [0.15, 0.2) is 5.83 Å². The smallest absolute Gasteiger partial charge is 0.399 e. The van der Waals surface area contributed by atoms with E-state index in [4.69, 9.17) is 16.3 Å². The minimum atomic E-state index is -4.95. The third-order valence-electron chi connectivity index (χ3n) is 3.88. The zero-order chi connectivity index (χ0) is 20.7. The second kappa shape index (κ2) is 7.31. The highest BCUT2D eigenvalue weighted by Crippen LogP contribution is 2.35. The monoisotopic (exact) mass is 411 g/mol. The number of ether oxygens (including phenoxy) is 1. The Labute approximate surface area is 154 Å². The van der Waals surface area contributed by atoms with Gasteiger partial charge in [-0.3, -0.25) is 9.36 Å². The van der Waals surface area contributed by atoms with E-state index in [1.54, 1.807) is 0 Å². The van der Waals surface area contributed by atoms with Gasteiger partial charge in [-0.15, -0.1) is 0 Å². The second-order valence-electron chi connectivity index (χ2n) is 5.46. The standard InChI is InChI=1S/C15H14ClF4N3O4/c1-6-9(16)11(21-27-4)13(26-3)12(10(6)17)23-8(24)5-7(15(18,19)20)22(2)14(23)25/h5,13H,1-4H3. The molecule has 148 valence electrons. The van der Waals surface area contributed by atoms with Crippen molar-refractivity contribution in [3.05, 3.63) is 49.0 Å². The van der Waals surface area contributed by atoms with Crippen molar-refractivity contribution in [2.24, 2.45) is 12.2 Å². The average Bonchev–Trinajstić information content (AvgIpc) is 2.59. The first-order valence-corrected chi connectivity index (χ1v) is 7.66. The van der Waals surface area contributed by atoms with Crippen LogP contribution >= 0.6 is 11.6 Å². The van der Waals surface area contributed by atoms with E-state index in [1.165, 1.54) is 14.0 Å². The van der Waals surface area contributed by atoms with Gasteiger partial charge < -0.3 is 9.57 Å². The van der Waals surface area contributed by atoms with Gasteiger partial charge in [0.1, 0.15) is 30.3 Å². The Hall–Kier alpha value is -2.40. The molecular weight excluding hydrogens is 398 g/mol. The van der Waals surface area contributed by atoms with E-state index >= 15 is 0 Å². The molecule has 0 N–H and O–H groups in total. The van der Waals surface area contributed by atoms with Gasteiger partial charge in [-0.05, 0) is 6.92 Å². The number of alkyl halides is 3. The fourth-order valence-electron chi connectivity index (χ4n) is 2.58. The van der Waals surface area contributed by atoms with E-state index in [0.29, 0.717) is 0 Å².